The minimum absolute atomic E-state index is 0.0972. The number of thiophene rings is 1. The number of aromatic hydroxyl groups is 1. The van der Waals surface area contributed by atoms with Crippen molar-refractivity contribution in [1.82, 2.24) is 0 Å². The minimum atomic E-state index is -0.0972. The molecule has 116 valence electrons. The number of aryl methyl sites for hydroxylation is 1. The van der Waals surface area contributed by atoms with Gasteiger partial charge < -0.3 is 5.11 Å². The molecule has 0 saturated carbocycles. The zero-order valence-electron chi connectivity index (χ0n) is 12.7. The first-order valence-corrected chi connectivity index (χ1v) is 8.50. The minimum Gasteiger partial charge on any atom is -0.508 e. The van der Waals surface area contributed by atoms with Crippen LogP contribution < -0.4 is 0 Å². The molecule has 1 aliphatic heterocycles. The number of phenolic OH excluding ortho intramolecular Hbond substituents is 1. The smallest absolute Gasteiger partial charge is 0.372 e. The Kier molecular flexibility index (Phi) is 3.34. The van der Waals surface area contributed by atoms with E-state index >= 15 is 0 Å². The highest BCUT2D eigenvalue weighted by atomic mass is 32.1. The van der Waals surface area contributed by atoms with Gasteiger partial charge in [-0.05, 0) is 60.5 Å². The molecule has 5 nitrogen and oxygen atoms in total. The van der Waals surface area contributed by atoms with E-state index in [0.29, 0.717) is 11.5 Å². The maximum absolute atomic E-state index is 12.9. The van der Waals surface area contributed by atoms with Crippen LogP contribution in [0.3, 0.4) is 0 Å². The molecule has 0 saturated heterocycles. The molecule has 4 rings (SSSR count). The lowest BCUT2D eigenvalue weighted by atomic mass is 9.95. The van der Waals surface area contributed by atoms with Gasteiger partial charge in [-0.3, -0.25) is 0 Å². The van der Waals surface area contributed by atoms with Gasteiger partial charge in [-0.1, -0.05) is 21.1 Å². The maximum atomic E-state index is 12.9. The molecular weight excluding hydrogens is 310 g/mol. The van der Waals surface area contributed by atoms with Gasteiger partial charge in [-0.15, -0.1) is 0 Å². The quantitative estimate of drug-likeness (QED) is 0.793. The number of carbonyl (C=O) groups is 1. The van der Waals surface area contributed by atoms with Crippen molar-refractivity contribution in [2.24, 2.45) is 10.1 Å². The number of aliphatic imine (C=N–C) groups is 1. The van der Waals surface area contributed by atoms with Crippen molar-refractivity contribution < 1.29 is 14.6 Å². The molecular formula is C17H16N3O2S+. The summed E-state index contributed by atoms with van der Waals surface area (Å²) in [6, 6.07) is 6.46. The lowest BCUT2D eigenvalue weighted by Gasteiger charge is -2.11. The highest BCUT2D eigenvalue weighted by Gasteiger charge is 2.38. The van der Waals surface area contributed by atoms with Gasteiger partial charge in [-0.2, -0.15) is 0 Å². The van der Waals surface area contributed by atoms with E-state index in [1.165, 1.54) is 21.6 Å². The first-order valence-electron chi connectivity index (χ1n) is 7.68. The van der Waals surface area contributed by atoms with Gasteiger partial charge in [0.25, 0.3) is 0 Å². The molecule has 1 aromatic heterocycles. The average molecular weight is 326 g/mol. The van der Waals surface area contributed by atoms with Crippen LogP contribution in [0.15, 0.2) is 34.4 Å². The van der Waals surface area contributed by atoms with Gasteiger partial charge in [0.05, 0.1) is 0 Å². The van der Waals surface area contributed by atoms with E-state index in [1.54, 1.807) is 42.5 Å². The van der Waals surface area contributed by atoms with Crippen molar-refractivity contribution >= 4 is 33.8 Å². The Morgan fingerprint density at radius 2 is 1.96 bits per heavy atom. The van der Waals surface area contributed by atoms with Crippen LogP contribution in [-0.4, -0.2) is 21.5 Å². The molecule has 1 amide bonds. The Morgan fingerprint density at radius 3 is 2.74 bits per heavy atom. The summed E-state index contributed by atoms with van der Waals surface area (Å²) in [5, 5.41) is 14.6. The number of hydrogen-bond donors (Lipinski definition) is 1. The van der Waals surface area contributed by atoms with E-state index in [4.69, 9.17) is 0 Å². The number of azo groups is 2. The second-order valence-corrected chi connectivity index (χ2v) is 6.87. The topological polar surface area (TPSA) is 65.0 Å². The number of carbonyl (C=O) groups excluding carboxylic acids is 1. The molecule has 0 bridgehead atoms. The van der Waals surface area contributed by atoms with E-state index in [2.05, 4.69) is 10.1 Å². The molecule has 2 aromatic rings. The summed E-state index contributed by atoms with van der Waals surface area (Å²) in [6.07, 6.45) is 4.31. The van der Waals surface area contributed by atoms with E-state index in [0.717, 1.165) is 29.8 Å². The van der Waals surface area contributed by atoms with Gasteiger partial charge in [0.1, 0.15) is 17.0 Å². The molecule has 0 spiro atoms. The fraction of sp³-hybridized carbons (Fsp3) is 0.294. The Balaban J connectivity index is 1.81. The number of amidine groups is 1. The van der Waals surface area contributed by atoms with Crippen LogP contribution in [-0.2, 0) is 12.8 Å². The Morgan fingerprint density at radius 1 is 1.22 bits per heavy atom. The predicted molar refractivity (Wildman–Crippen MR) is 88.5 cm³/mol. The summed E-state index contributed by atoms with van der Waals surface area (Å²) in [6.45, 7) is 1.80. The van der Waals surface area contributed by atoms with Crippen LogP contribution in [0.2, 0.25) is 0 Å². The first-order chi connectivity index (χ1) is 11.1. The second-order valence-electron chi connectivity index (χ2n) is 5.78. The molecule has 0 atom stereocenters. The van der Waals surface area contributed by atoms with Gasteiger partial charge in [0.2, 0.25) is 5.00 Å². The number of amides is 1. The molecule has 1 N–H and O–H groups in total. The van der Waals surface area contributed by atoms with Crippen LogP contribution >= 0.6 is 11.3 Å². The van der Waals surface area contributed by atoms with Crippen molar-refractivity contribution in [3.05, 3.63) is 40.3 Å². The van der Waals surface area contributed by atoms with Gasteiger partial charge >= 0.3 is 11.7 Å². The van der Waals surface area contributed by atoms with Gasteiger partial charge in [-0.25, -0.2) is 4.79 Å². The first kappa shape index (κ1) is 14.3. The highest BCUT2D eigenvalue weighted by Crippen LogP contribution is 2.42. The summed E-state index contributed by atoms with van der Waals surface area (Å²) < 4.78 is 1.37. The summed E-state index contributed by atoms with van der Waals surface area (Å²) in [7, 11) is 0. The van der Waals surface area contributed by atoms with Gasteiger partial charge in [0, 0.05) is 11.8 Å². The van der Waals surface area contributed by atoms with Crippen LogP contribution in [0.1, 0.15) is 40.6 Å². The molecule has 2 aliphatic rings. The summed E-state index contributed by atoms with van der Waals surface area (Å²) >= 11 is 1.65. The highest BCUT2D eigenvalue weighted by molar-refractivity contribution is 7.16. The van der Waals surface area contributed by atoms with Crippen molar-refractivity contribution in [2.75, 3.05) is 0 Å². The van der Waals surface area contributed by atoms with Crippen LogP contribution in [0, 0.1) is 0 Å². The number of phenols is 1. The zero-order chi connectivity index (χ0) is 16.0. The monoisotopic (exact) mass is 326 g/mol. The molecule has 0 radical (unpaired) electrons. The van der Waals surface area contributed by atoms with Crippen molar-refractivity contribution in [3.63, 3.8) is 0 Å². The molecule has 23 heavy (non-hydrogen) atoms. The maximum Gasteiger partial charge on any atom is 0.372 e. The van der Waals surface area contributed by atoms with Gasteiger partial charge in [0.15, 0.2) is 0 Å². The SMILES string of the molecule is CC1=Nc2sc3c(c2C(=O)[N+]1=Nc1ccc(O)cc1)CCCC3. The number of benzene rings is 1. The third-order valence-electron chi connectivity index (χ3n) is 4.19. The second kappa shape index (κ2) is 5.38. The predicted octanol–water partition coefficient (Wildman–Crippen LogP) is 4.33. The number of hydrogen-bond acceptors (Lipinski definition) is 5. The van der Waals surface area contributed by atoms with Crippen molar-refractivity contribution in [3.8, 4) is 5.75 Å². The molecule has 2 heterocycles. The summed E-state index contributed by atoms with van der Waals surface area (Å²) in [4.78, 5) is 18.8. The standard InChI is InChI=1S/C17H15N3O2S/c1-10-18-16-15(13-4-2-3-5-14(13)23-16)17(22)20(10)19-11-6-8-12(21)9-7-11/h6-9H,2-5H2,1H3/p+1. The summed E-state index contributed by atoms with van der Waals surface area (Å²) in [5.74, 6) is 0.655. The van der Waals surface area contributed by atoms with Crippen molar-refractivity contribution in [1.29, 1.82) is 0 Å². The third-order valence-corrected chi connectivity index (χ3v) is 5.38. The number of rotatable bonds is 1. The van der Waals surface area contributed by atoms with E-state index in [9.17, 15) is 9.90 Å². The molecule has 1 aromatic carbocycles. The lowest BCUT2D eigenvalue weighted by molar-refractivity contribution is -0.377. The third kappa shape index (κ3) is 2.39. The van der Waals surface area contributed by atoms with Crippen LogP contribution in [0.25, 0.3) is 0 Å². The Hall–Kier alpha value is -2.34. The van der Waals surface area contributed by atoms with E-state index < -0.39 is 0 Å². The van der Waals surface area contributed by atoms with E-state index in [-0.39, 0.29) is 11.7 Å². The lowest BCUT2D eigenvalue weighted by Crippen LogP contribution is -2.27. The fourth-order valence-electron chi connectivity index (χ4n) is 3.05. The molecule has 1 aliphatic carbocycles. The summed E-state index contributed by atoms with van der Waals surface area (Å²) in [5.41, 5.74) is 2.51. The average Bonchev–Trinajstić information content (AvgIpc) is 2.91. The normalized spacial score (nSPS) is 18.6. The zero-order valence-corrected chi connectivity index (χ0v) is 13.6. The Labute approximate surface area is 137 Å². The number of nitrogens with zero attached hydrogens (tertiary/aromatic N) is 3. The largest absolute Gasteiger partial charge is 0.508 e. The van der Waals surface area contributed by atoms with Crippen LogP contribution in [0.5, 0.6) is 5.75 Å². The molecule has 6 heteroatoms. The van der Waals surface area contributed by atoms with Crippen LogP contribution in [0.4, 0.5) is 10.7 Å². The molecule has 0 unspecified atom stereocenters. The fourth-order valence-corrected chi connectivity index (χ4v) is 4.35. The molecule has 0 fully saturated rings. The Bertz CT molecular complexity index is 863. The number of fused-ring (bicyclic) bond motifs is 3. The van der Waals surface area contributed by atoms with Crippen molar-refractivity contribution in [2.45, 2.75) is 32.6 Å². The van der Waals surface area contributed by atoms with E-state index in [1.807, 2.05) is 0 Å².